The third-order valence-corrected chi connectivity index (χ3v) is 5.13. The Morgan fingerprint density at radius 1 is 0.967 bits per heavy atom. The third-order valence-electron chi connectivity index (χ3n) is 4.89. The van der Waals surface area contributed by atoms with Crippen molar-refractivity contribution in [3.05, 3.63) is 104 Å². The van der Waals surface area contributed by atoms with Crippen LogP contribution in [0.4, 0.5) is 0 Å². The molecule has 0 atom stereocenters. The molecule has 0 spiro atoms. The molecular formula is C25H21ClO4. The zero-order valence-electron chi connectivity index (χ0n) is 16.8. The molecule has 0 fully saturated rings. The summed E-state index contributed by atoms with van der Waals surface area (Å²) >= 11 is 6.10. The van der Waals surface area contributed by atoms with E-state index in [0.29, 0.717) is 34.1 Å². The Kier molecular flexibility index (Phi) is 5.77. The van der Waals surface area contributed by atoms with Crippen LogP contribution in [0.1, 0.15) is 22.3 Å². The van der Waals surface area contributed by atoms with Gasteiger partial charge >= 0.3 is 5.63 Å². The minimum Gasteiger partial charge on any atom is -0.497 e. The Morgan fingerprint density at radius 2 is 1.77 bits per heavy atom. The molecule has 0 saturated heterocycles. The van der Waals surface area contributed by atoms with Crippen LogP contribution in [0.5, 0.6) is 11.5 Å². The predicted molar refractivity (Wildman–Crippen MR) is 119 cm³/mol. The van der Waals surface area contributed by atoms with Crippen LogP contribution in [0.25, 0.3) is 11.0 Å². The van der Waals surface area contributed by atoms with Crippen molar-refractivity contribution in [3.8, 4) is 11.5 Å². The average Bonchev–Trinajstić information content (AvgIpc) is 2.73. The molecule has 0 aliphatic heterocycles. The van der Waals surface area contributed by atoms with Crippen LogP contribution >= 0.6 is 11.6 Å². The highest BCUT2D eigenvalue weighted by Crippen LogP contribution is 2.32. The zero-order valence-corrected chi connectivity index (χ0v) is 17.5. The molecule has 0 amide bonds. The van der Waals surface area contributed by atoms with E-state index in [-0.39, 0.29) is 6.61 Å². The van der Waals surface area contributed by atoms with Crippen molar-refractivity contribution in [2.75, 3.05) is 7.11 Å². The van der Waals surface area contributed by atoms with E-state index in [9.17, 15) is 4.79 Å². The van der Waals surface area contributed by atoms with Gasteiger partial charge in [0.25, 0.3) is 0 Å². The molecule has 0 aliphatic carbocycles. The van der Waals surface area contributed by atoms with Crippen molar-refractivity contribution in [2.45, 2.75) is 20.0 Å². The second-order valence-corrected chi connectivity index (χ2v) is 7.58. The maximum absolute atomic E-state index is 12.9. The summed E-state index contributed by atoms with van der Waals surface area (Å²) in [6, 6.07) is 20.9. The molecule has 152 valence electrons. The first kappa shape index (κ1) is 20.0. The van der Waals surface area contributed by atoms with Gasteiger partial charge in [-0.1, -0.05) is 53.6 Å². The summed E-state index contributed by atoms with van der Waals surface area (Å²) in [6.07, 6.45) is 0.414. The molecule has 1 aromatic heterocycles. The topological polar surface area (TPSA) is 48.7 Å². The lowest BCUT2D eigenvalue weighted by Gasteiger charge is -2.14. The average molecular weight is 421 g/mol. The van der Waals surface area contributed by atoms with Crippen LogP contribution in [-0.2, 0) is 13.0 Å². The zero-order chi connectivity index (χ0) is 21.1. The van der Waals surface area contributed by atoms with E-state index in [1.165, 1.54) is 0 Å². The fourth-order valence-electron chi connectivity index (χ4n) is 3.44. The number of methoxy groups -OCH3 is 1. The number of rotatable bonds is 6. The van der Waals surface area contributed by atoms with E-state index in [1.807, 2.05) is 61.5 Å². The van der Waals surface area contributed by atoms with Crippen molar-refractivity contribution in [3.63, 3.8) is 0 Å². The Labute approximate surface area is 179 Å². The van der Waals surface area contributed by atoms with Crippen LogP contribution in [0.15, 0.2) is 75.9 Å². The van der Waals surface area contributed by atoms with Crippen LogP contribution in [-0.4, -0.2) is 7.11 Å². The summed E-state index contributed by atoms with van der Waals surface area (Å²) in [4.78, 5) is 12.9. The van der Waals surface area contributed by atoms with Gasteiger partial charge in [-0.2, -0.15) is 0 Å². The van der Waals surface area contributed by atoms with Crippen molar-refractivity contribution in [1.82, 2.24) is 0 Å². The van der Waals surface area contributed by atoms with Gasteiger partial charge in [0.1, 0.15) is 23.7 Å². The summed E-state index contributed by atoms with van der Waals surface area (Å²) in [5, 5.41) is 1.36. The molecule has 0 saturated carbocycles. The lowest BCUT2D eigenvalue weighted by Crippen LogP contribution is -2.12. The largest absolute Gasteiger partial charge is 0.497 e. The molecular weight excluding hydrogens is 400 g/mol. The van der Waals surface area contributed by atoms with Gasteiger partial charge in [0, 0.05) is 17.5 Å². The molecule has 0 bridgehead atoms. The van der Waals surface area contributed by atoms with E-state index < -0.39 is 5.63 Å². The minimum absolute atomic E-state index is 0.284. The molecule has 4 rings (SSSR count). The molecule has 5 heteroatoms. The SMILES string of the molecule is COc1ccc2c(OCc3cccc(Cl)c3)c(Cc3cccc(C)c3)c(=O)oc2c1. The summed E-state index contributed by atoms with van der Waals surface area (Å²) in [6.45, 7) is 2.31. The fourth-order valence-corrected chi connectivity index (χ4v) is 3.66. The molecule has 0 N–H and O–H groups in total. The molecule has 0 radical (unpaired) electrons. The summed E-state index contributed by atoms with van der Waals surface area (Å²) in [5.41, 5.74) is 3.55. The number of ether oxygens (including phenoxy) is 2. The van der Waals surface area contributed by atoms with E-state index in [1.54, 1.807) is 13.2 Å². The Morgan fingerprint density at radius 3 is 2.53 bits per heavy atom. The highest BCUT2D eigenvalue weighted by Gasteiger charge is 2.18. The number of hydrogen-bond donors (Lipinski definition) is 0. The number of hydrogen-bond acceptors (Lipinski definition) is 4. The summed E-state index contributed by atoms with van der Waals surface area (Å²) in [5.74, 6) is 1.13. The second-order valence-electron chi connectivity index (χ2n) is 7.14. The molecule has 30 heavy (non-hydrogen) atoms. The quantitative estimate of drug-likeness (QED) is 0.362. The molecule has 0 aliphatic rings. The Bertz CT molecular complexity index is 1260. The van der Waals surface area contributed by atoms with Crippen molar-refractivity contribution in [2.24, 2.45) is 0 Å². The van der Waals surface area contributed by atoms with Crippen LogP contribution in [0.2, 0.25) is 5.02 Å². The third kappa shape index (κ3) is 4.34. The van der Waals surface area contributed by atoms with Gasteiger partial charge < -0.3 is 13.9 Å². The molecule has 4 aromatic rings. The van der Waals surface area contributed by atoms with E-state index in [4.69, 9.17) is 25.5 Å². The van der Waals surface area contributed by atoms with Gasteiger partial charge in [-0.25, -0.2) is 4.79 Å². The Hall–Kier alpha value is -3.24. The van der Waals surface area contributed by atoms with Crippen molar-refractivity contribution >= 4 is 22.6 Å². The first-order valence-electron chi connectivity index (χ1n) is 9.60. The van der Waals surface area contributed by atoms with E-state index in [0.717, 1.165) is 22.1 Å². The highest BCUT2D eigenvalue weighted by molar-refractivity contribution is 6.30. The fraction of sp³-hybridized carbons (Fsp3) is 0.160. The summed E-state index contributed by atoms with van der Waals surface area (Å²) in [7, 11) is 1.57. The first-order chi connectivity index (χ1) is 14.5. The van der Waals surface area contributed by atoms with E-state index >= 15 is 0 Å². The van der Waals surface area contributed by atoms with Crippen molar-refractivity contribution < 1.29 is 13.9 Å². The maximum Gasteiger partial charge on any atom is 0.343 e. The van der Waals surface area contributed by atoms with E-state index in [2.05, 4.69) is 6.07 Å². The smallest absolute Gasteiger partial charge is 0.343 e. The molecule has 0 unspecified atom stereocenters. The van der Waals surface area contributed by atoms with Crippen molar-refractivity contribution in [1.29, 1.82) is 0 Å². The normalized spacial score (nSPS) is 10.9. The van der Waals surface area contributed by atoms with Gasteiger partial charge in [-0.3, -0.25) is 0 Å². The lowest BCUT2D eigenvalue weighted by atomic mass is 10.0. The monoisotopic (exact) mass is 420 g/mol. The molecule has 3 aromatic carbocycles. The van der Waals surface area contributed by atoms with Crippen LogP contribution in [0.3, 0.4) is 0 Å². The number of benzene rings is 3. The number of aryl methyl sites for hydroxylation is 1. The predicted octanol–water partition coefficient (Wildman–Crippen LogP) is 5.93. The van der Waals surface area contributed by atoms with Crippen LogP contribution < -0.4 is 15.1 Å². The minimum atomic E-state index is -0.418. The lowest BCUT2D eigenvalue weighted by molar-refractivity contribution is 0.304. The van der Waals surface area contributed by atoms with Gasteiger partial charge in [0.2, 0.25) is 0 Å². The molecule has 1 heterocycles. The Balaban J connectivity index is 1.80. The standard InChI is InChI=1S/C25H21ClO4/c1-16-5-3-6-17(11-16)13-22-24(29-15-18-7-4-8-19(26)12-18)21-10-9-20(28-2)14-23(21)30-25(22)27/h3-12,14H,13,15H2,1-2H3. The summed E-state index contributed by atoms with van der Waals surface area (Å²) < 4.78 is 17.1. The maximum atomic E-state index is 12.9. The van der Waals surface area contributed by atoms with Gasteiger partial charge in [0.15, 0.2) is 0 Å². The second kappa shape index (κ2) is 8.64. The van der Waals surface area contributed by atoms with Gasteiger partial charge in [-0.05, 0) is 42.3 Å². The molecule has 4 nitrogen and oxygen atoms in total. The van der Waals surface area contributed by atoms with Crippen LogP contribution in [0, 0.1) is 6.92 Å². The number of halogens is 1. The highest BCUT2D eigenvalue weighted by atomic mass is 35.5. The first-order valence-corrected chi connectivity index (χ1v) is 9.98. The number of fused-ring (bicyclic) bond motifs is 1. The van der Waals surface area contributed by atoms with Gasteiger partial charge in [0.05, 0.1) is 18.1 Å². The van der Waals surface area contributed by atoms with Gasteiger partial charge in [-0.15, -0.1) is 0 Å².